The van der Waals surface area contributed by atoms with Crippen molar-refractivity contribution in [1.29, 1.82) is 0 Å². The maximum absolute atomic E-state index is 11.0. The molecule has 0 spiro atoms. The van der Waals surface area contributed by atoms with Gasteiger partial charge >= 0.3 is 0 Å². The normalized spacial score (nSPS) is 13.2. The lowest BCUT2D eigenvalue weighted by Crippen LogP contribution is -2.25. The molecule has 0 fully saturated rings. The largest absolute Gasteiger partial charge is 0.359 e. The average Bonchev–Trinajstić information content (AvgIpc) is 1.98. The Labute approximate surface area is 69.4 Å². The molecular formula is C9H19NO. The summed E-state index contributed by atoms with van der Waals surface area (Å²) in [5.74, 6) is 1.02. The van der Waals surface area contributed by atoms with E-state index in [1.54, 1.807) is 7.05 Å². The zero-order valence-corrected chi connectivity index (χ0v) is 7.98. The molecule has 1 amide bonds. The molecule has 1 atom stereocenters. The summed E-state index contributed by atoms with van der Waals surface area (Å²) in [5, 5.41) is 2.65. The molecule has 1 unspecified atom stereocenters. The first kappa shape index (κ1) is 10.5. The van der Waals surface area contributed by atoms with Crippen LogP contribution in [0.3, 0.4) is 0 Å². The molecule has 0 heterocycles. The highest BCUT2D eigenvalue weighted by molar-refractivity contribution is 5.77. The zero-order valence-electron chi connectivity index (χ0n) is 7.98. The molecule has 2 heteroatoms. The molecule has 0 aromatic carbocycles. The van der Waals surface area contributed by atoms with Crippen LogP contribution in [0.2, 0.25) is 0 Å². The van der Waals surface area contributed by atoms with Crippen molar-refractivity contribution in [3.63, 3.8) is 0 Å². The van der Waals surface area contributed by atoms with Crippen LogP contribution in [0.25, 0.3) is 0 Å². The van der Waals surface area contributed by atoms with Gasteiger partial charge in [0.05, 0.1) is 0 Å². The third-order valence-electron chi connectivity index (χ3n) is 1.87. The summed E-state index contributed by atoms with van der Waals surface area (Å²) in [7, 11) is 1.69. The lowest BCUT2D eigenvalue weighted by atomic mass is 9.99. The van der Waals surface area contributed by atoms with Gasteiger partial charge in [-0.25, -0.2) is 0 Å². The molecule has 1 N–H and O–H groups in total. The Morgan fingerprint density at radius 3 is 2.18 bits per heavy atom. The van der Waals surface area contributed by atoms with Gasteiger partial charge in [0.2, 0.25) is 5.91 Å². The minimum atomic E-state index is 0.158. The first-order chi connectivity index (χ1) is 5.07. The molecule has 0 radical (unpaired) electrons. The lowest BCUT2D eigenvalue weighted by molar-refractivity contribution is -0.124. The second-order valence-electron chi connectivity index (χ2n) is 3.49. The van der Waals surface area contributed by atoms with Crippen LogP contribution in [-0.2, 0) is 4.79 Å². The van der Waals surface area contributed by atoms with Crippen LogP contribution < -0.4 is 5.32 Å². The molecule has 0 aliphatic carbocycles. The van der Waals surface area contributed by atoms with E-state index >= 15 is 0 Å². The molecule has 0 aromatic heterocycles. The fourth-order valence-electron chi connectivity index (χ4n) is 0.961. The molecule has 0 aliphatic heterocycles. The van der Waals surface area contributed by atoms with E-state index in [-0.39, 0.29) is 11.8 Å². The molecular weight excluding hydrogens is 138 g/mol. The van der Waals surface area contributed by atoms with Crippen molar-refractivity contribution in [2.45, 2.75) is 33.6 Å². The molecule has 0 rings (SSSR count). The van der Waals surface area contributed by atoms with E-state index < -0.39 is 0 Å². The van der Waals surface area contributed by atoms with Crippen LogP contribution >= 0.6 is 0 Å². The van der Waals surface area contributed by atoms with Gasteiger partial charge in [0.25, 0.3) is 0 Å². The third-order valence-corrected chi connectivity index (χ3v) is 1.87. The highest BCUT2D eigenvalue weighted by Crippen LogP contribution is 2.11. The Kier molecular flexibility index (Phi) is 4.92. The van der Waals surface area contributed by atoms with Crippen LogP contribution in [-0.4, -0.2) is 13.0 Å². The van der Waals surface area contributed by atoms with Crippen LogP contribution in [0, 0.1) is 11.8 Å². The first-order valence-electron chi connectivity index (χ1n) is 4.29. The second kappa shape index (κ2) is 5.16. The van der Waals surface area contributed by atoms with E-state index in [1.165, 1.54) is 0 Å². The van der Waals surface area contributed by atoms with Gasteiger partial charge in [-0.1, -0.05) is 27.2 Å². The quantitative estimate of drug-likeness (QED) is 0.662. The Hall–Kier alpha value is -0.530. The highest BCUT2D eigenvalue weighted by Gasteiger charge is 2.10. The SMILES string of the molecule is CNC(=O)C(C)CCC(C)C. The van der Waals surface area contributed by atoms with Crippen LogP contribution in [0.4, 0.5) is 0 Å². The van der Waals surface area contributed by atoms with Crippen LogP contribution in [0.15, 0.2) is 0 Å². The molecule has 0 saturated heterocycles. The van der Waals surface area contributed by atoms with Crippen molar-refractivity contribution in [1.82, 2.24) is 5.32 Å². The predicted molar refractivity (Wildman–Crippen MR) is 47.3 cm³/mol. The Balaban J connectivity index is 3.52. The highest BCUT2D eigenvalue weighted by atomic mass is 16.1. The predicted octanol–water partition coefficient (Wildman–Crippen LogP) is 1.80. The van der Waals surface area contributed by atoms with Gasteiger partial charge < -0.3 is 5.32 Å². The molecule has 2 nitrogen and oxygen atoms in total. The van der Waals surface area contributed by atoms with Crippen molar-refractivity contribution in [3.05, 3.63) is 0 Å². The summed E-state index contributed by atoms with van der Waals surface area (Å²) in [6.07, 6.45) is 2.13. The molecule has 0 aromatic rings. The molecule has 11 heavy (non-hydrogen) atoms. The average molecular weight is 157 g/mol. The van der Waals surface area contributed by atoms with Gasteiger partial charge in [0, 0.05) is 13.0 Å². The van der Waals surface area contributed by atoms with Crippen molar-refractivity contribution in [2.24, 2.45) is 11.8 Å². The fraction of sp³-hybridized carbons (Fsp3) is 0.889. The van der Waals surface area contributed by atoms with Gasteiger partial charge in [-0.3, -0.25) is 4.79 Å². The Bertz CT molecular complexity index is 121. The maximum atomic E-state index is 11.0. The monoisotopic (exact) mass is 157 g/mol. The summed E-state index contributed by atoms with van der Waals surface area (Å²) in [6.45, 7) is 6.33. The molecule has 0 aliphatic rings. The van der Waals surface area contributed by atoms with Gasteiger partial charge in [-0.2, -0.15) is 0 Å². The van der Waals surface area contributed by atoms with E-state index in [2.05, 4.69) is 19.2 Å². The van der Waals surface area contributed by atoms with Gasteiger partial charge in [0.1, 0.15) is 0 Å². The standard InChI is InChI=1S/C9H19NO/c1-7(2)5-6-8(3)9(11)10-4/h7-8H,5-6H2,1-4H3,(H,10,11). The first-order valence-corrected chi connectivity index (χ1v) is 4.29. The minimum Gasteiger partial charge on any atom is -0.359 e. The number of carbonyl (C=O) groups excluding carboxylic acids is 1. The Morgan fingerprint density at radius 1 is 1.27 bits per heavy atom. The van der Waals surface area contributed by atoms with Crippen molar-refractivity contribution >= 4 is 5.91 Å². The topological polar surface area (TPSA) is 29.1 Å². The van der Waals surface area contributed by atoms with E-state index in [9.17, 15) is 4.79 Å². The smallest absolute Gasteiger partial charge is 0.222 e. The number of nitrogens with one attached hydrogen (secondary N) is 1. The van der Waals surface area contributed by atoms with Crippen molar-refractivity contribution < 1.29 is 4.79 Å². The maximum Gasteiger partial charge on any atom is 0.222 e. The summed E-state index contributed by atoms with van der Waals surface area (Å²) < 4.78 is 0. The summed E-state index contributed by atoms with van der Waals surface area (Å²) in [6, 6.07) is 0. The van der Waals surface area contributed by atoms with Crippen LogP contribution in [0.1, 0.15) is 33.6 Å². The third kappa shape index (κ3) is 4.82. The van der Waals surface area contributed by atoms with E-state index in [4.69, 9.17) is 0 Å². The second-order valence-corrected chi connectivity index (χ2v) is 3.49. The van der Waals surface area contributed by atoms with Crippen LogP contribution in [0.5, 0.6) is 0 Å². The van der Waals surface area contributed by atoms with Gasteiger partial charge in [0.15, 0.2) is 0 Å². The fourth-order valence-corrected chi connectivity index (χ4v) is 0.961. The minimum absolute atomic E-state index is 0.158. The summed E-state index contributed by atoms with van der Waals surface area (Å²) >= 11 is 0. The number of hydrogen-bond acceptors (Lipinski definition) is 1. The molecule has 0 saturated carbocycles. The summed E-state index contributed by atoms with van der Waals surface area (Å²) in [4.78, 5) is 11.0. The van der Waals surface area contributed by atoms with Crippen molar-refractivity contribution in [2.75, 3.05) is 7.05 Å². The van der Waals surface area contributed by atoms with Gasteiger partial charge in [-0.05, 0) is 12.3 Å². The number of amides is 1. The number of rotatable bonds is 4. The van der Waals surface area contributed by atoms with E-state index in [0.717, 1.165) is 12.8 Å². The zero-order chi connectivity index (χ0) is 8.85. The molecule has 66 valence electrons. The van der Waals surface area contributed by atoms with E-state index in [0.29, 0.717) is 5.92 Å². The van der Waals surface area contributed by atoms with E-state index in [1.807, 2.05) is 6.92 Å². The summed E-state index contributed by atoms with van der Waals surface area (Å²) in [5.41, 5.74) is 0. The van der Waals surface area contributed by atoms with Crippen molar-refractivity contribution in [3.8, 4) is 0 Å². The number of hydrogen-bond donors (Lipinski definition) is 1. The Morgan fingerprint density at radius 2 is 1.82 bits per heavy atom. The lowest BCUT2D eigenvalue weighted by Gasteiger charge is -2.10. The molecule has 0 bridgehead atoms. The number of carbonyl (C=O) groups is 1. The van der Waals surface area contributed by atoms with Gasteiger partial charge in [-0.15, -0.1) is 0 Å².